The van der Waals surface area contributed by atoms with Crippen LogP contribution >= 0.6 is 0 Å². The zero-order chi connectivity index (χ0) is 26.7. The summed E-state index contributed by atoms with van der Waals surface area (Å²) in [6.45, 7) is 7.70. The Morgan fingerprint density at radius 2 is 1.51 bits per heavy atom. The third-order valence-corrected chi connectivity index (χ3v) is 8.69. The number of likely N-dealkylation sites (tertiary alicyclic amines) is 1. The van der Waals surface area contributed by atoms with Gasteiger partial charge in [-0.25, -0.2) is 0 Å². The van der Waals surface area contributed by atoms with Crippen molar-refractivity contribution in [2.45, 2.75) is 43.6 Å². The summed E-state index contributed by atoms with van der Waals surface area (Å²) in [6.07, 6.45) is 3.07. The SMILES string of the molecule is C=CCN1CCC2C(O)CC1c1c([nH]c3ccccc13)C2(COCc1ccccc1)COCc1ccccc1. The summed E-state index contributed by atoms with van der Waals surface area (Å²) in [5, 5.41) is 13.0. The van der Waals surface area contributed by atoms with Crippen LogP contribution < -0.4 is 0 Å². The Balaban J connectivity index is 1.44. The molecule has 1 saturated heterocycles. The number of ether oxygens (including phenoxy) is 2. The van der Waals surface area contributed by atoms with E-state index in [-0.39, 0.29) is 12.0 Å². The van der Waals surface area contributed by atoms with Crippen LogP contribution in [0.15, 0.2) is 97.6 Å². The van der Waals surface area contributed by atoms with Crippen LogP contribution in [0.2, 0.25) is 0 Å². The van der Waals surface area contributed by atoms with Gasteiger partial charge in [-0.2, -0.15) is 0 Å². The lowest BCUT2D eigenvalue weighted by atomic mass is 9.69. The number of hydrogen-bond donors (Lipinski definition) is 2. The molecule has 5 heteroatoms. The smallest absolute Gasteiger partial charge is 0.0717 e. The molecule has 2 heterocycles. The number of benzene rings is 3. The molecular formula is C34H38N2O3. The summed E-state index contributed by atoms with van der Waals surface area (Å²) >= 11 is 0. The fourth-order valence-electron chi connectivity index (χ4n) is 6.86. The number of aliphatic hydroxyl groups is 1. The maximum absolute atomic E-state index is 11.8. The first-order valence-corrected chi connectivity index (χ1v) is 14.1. The maximum atomic E-state index is 11.8. The molecule has 0 radical (unpaired) electrons. The number of fused-ring (bicyclic) bond motifs is 7. The van der Waals surface area contributed by atoms with Crippen LogP contribution in [0.25, 0.3) is 10.9 Å². The Morgan fingerprint density at radius 3 is 2.15 bits per heavy atom. The molecule has 3 unspecified atom stereocenters. The number of nitrogens with one attached hydrogen (secondary N) is 1. The second kappa shape index (κ2) is 11.5. The van der Waals surface area contributed by atoms with Gasteiger partial charge in [-0.15, -0.1) is 6.58 Å². The molecule has 5 nitrogen and oxygen atoms in total. The van der Waals surface area contributed by atoms with Crippen molar-refractivity contribution in [3.8, 4) is 0 Å². The minimum Gasteiger partial charge on any atom is -0.393 e. The Bertz CT molecular complexity index is 1340. The van der Waals surface area contributed by atoms with E-state index in [4.69, 9.17) is 9.47 Å². The average Bonchev–Trinajstić information content (AvgIpc) is 3.23. The lowest BCUT2D eigenvalue weighted by Gasteiger charge is -2.42. The standard InChI is InChI=1S/C34H38N2O3/c1-2-18-36-19-17-28-31(37)20-30(36)32-27-15-9-10-16-29(27)35-33(32)34(28,23-38-21-25-11-5-3-6-12-25)24-39-22-26-13-7-4-8-14-26/h2-16,28,30-31,35,37H,1,17-24H2. The van der Waals surface area contributed by atoms with Gasteiger partial charge in [0.05, 0.1) is 37.9 Å². The molecule has 39 heavy (non-hydrogen) atoms. The second-order valence-corrected chi connectivity index (χ2v) is 11.1. The van der Waals surface area contributed by atoms with Gasteiger partial charge in [-0.05, 0) is 42.1 Å². The number of H-pyrrole nitrogens is 1. The van der Waals surface area contributed by atoms with E-state index in [1.807, 2.05) is 42.5 Å². The Morgan fingerprint density at radius 1 is 0.897 bits per heavy atom. The molecule has 3 atom stereocenters. The molecule has 202 valence electrons. The number of para-hydroxylation sites is 1. The molecular weight excluding hydrogens is 484 g/mol. The largest absolute Gasteiger partial charge is 0.393 e. The number of aromatic nitrogens is 1. The molecule has 1 aliphatic heterocycles. The Hall–Kier alpha value is -3.22. The number of aromatic amines is 1. The first-order chi connectivity index (χ1) is 19.2. The fraction of sp³-hybridized carbons (Fsp3) is 0.353. The zero-order valence-corrected chi connectivity index (χ0v) is 22.5. The van der Waals surface area contributed by atoms with E-state index in [0.717, 1.165) is 41.8 Å². The lowest BCUT2D eigenvalue weighted by molar-refractivity contribution is -0.0531. The highest BCUT2D eigenvalue weighted by atomic mass is 16.5. The summed E-state index contributed by atoms with van der Waals surface area (Å²) in [5.41, 5.74) is 5.32. The highest BCUT2D eigenvalue weighted by Gasteiger charge is 2.53. The van der Waals surface area contributed by atoms with Gasteiger partial charge in [0.15, 0.2) is 0 Å². The summed E-state index contributed by atoms with van der Waals surface area (Å²) in [5.74, 6) is -0.0179. The van der Waals surface area contributed by atoms with Gasteiger partial charge < -0.3 is 19.6 Å². The molecule has 0 spiro atoms. The topological polar surface area (TPSA) is 57.7 Å². The number of nitrogens with zero attached hydrogens (tertiary/aromatic N) is 1. The average molecular weight is 523 g/mol. The number of aliphatic hydroxyl groups excluding tert-OH is 1. The van der Waals surface area contributed by atoms with Gasteiger partial charge in [0.25, 0.3) is 0 Å². The predicted molar refractivity (Wildman–Crippen MR) is 155 cm³/mol. The molecule has 2 bridgehead atoms. The molecule has 2 N–H and O–H groups in total. The second-order valence-electron chi connectivity index (χ2n) is 11.1. The van der Waals surface area contributed by atoms with E-state index >= 15 is 0 Å². The minimum absolute atomic E-state index is 0.0179. The molecule has 3 aromatic carbocycles. The highest BCUT2D eigenvalue weighted by Crippen LogP contribution is 2.51. The van der Waals surface area contributed by atoms with E-state index in [1.54, 1.807) is 0 Å². The van der Waals surface area contributed by atoms with Crippen molar-refractivity contribution in [3.63, 3.8) is 0 Å². The molecule has 0 amide bonds. The third-order valence-electron chi connectivity index (χ3n) is 8.69. The van der Waals surface area contributed by atoms with Crippen molar-refractivity contribution in [1.29, 1.82) is 0 Å². The van der Waals surface area contributed by atoms with Crippen LogP contribution in [0.1, 0.15) is 41.3 Å². The Kier molecular flexibility index (Phi) is 7.67. The van der Waals surface area contributed by atoms with Gasteiger partial charge in [-0.3, -0.25) is 4.90 Å². The molecule has 2 aliphatic rings. The molecule has 6 rings (SSSR count). The van der Waals surface area contributed by atoms with Crippen molar-refractivity contribution in [2.75, 3.05) is 26.3 Å². The van der Waals surface area contributed by atoms with Crippen LogP contribution in [-0.2, 0) is 28.1 Å². The van der Waals surface area contributed by atoms with E-state index < -0.39 is 11.5 Å². The van der Waals surface area contributed by atoms with Gasteiger partial charge >= 0.3 is 0 Å². The van der Waals surface area contributed by atoms with Gasteiger partial charge in [0.1, 0.15) is 0 Å². The lowest BCUT2D eigenvalue weighted by Crippen LogP contribution is -2.49. The number of hydrogen-bond acceptors (Lipinski definition) is 4. The molecule has 1 aliphatic carbocycles. The van der Waals surface area contributed by atoms with E-state index in [1.165, 1.54) is 10.9 Å². The van der Waals surface area contributed by atoms with Crippen molar-refractivity contribution in [3.05, 3.63) is 120 Å². The minimum atomic E-state index is -0.521. The van der Waals surface area contributed by atoms with Gasteiger partial charge in [0, 0.05) is 35.1 Å². The van der Waals surface area contributed by atoms with Gasteiger partial charge in [-0.1, -0.05) is 84.9 Å². The van der Waals surface area contributed by atoms with Crippen LogP contribution in [0.5, 0.6) is 0 Å². The molecule has 1 fully saturated rings. The highest BCUT2D eigenvalue weighted by molar-refractivity contribution is 5.86. The predicted octanol–water partition coefficient (Wildman–Crippen LogP) is 6.15. The summed E-state index contributed by atoms with van der Waals surface area (Å²) in [6, 6.07) is 29.3. The first-order valence-electron chi connectivity index (χ1n) is 14.1. The van der Waals surface area contributed by atoms with E-state index in [9.17, 15) is 5.11 Å². The number of rotatable bonds is 10. The van der Waals surface area contributed by atoms with Crippen LogP contribution in [0.4, 0.5) is 0 Å². The normalized spacial score (nSPS) is 22.3. The van der Waals surface area contributed by atoms with Crippen LogP contribution in [0.3, 0.4) is 0 Å². The molecule has 1 aromatic heterocycles. The van der Waals surface area contributed by atoms with Crippen molar-refractivity contribution < 1.29 is 14.6 Å². The molecule has 0 saturated carbocycles. The molecule has 4 aromatic rings. The first kappa shape index (κ1) is 26.0. The van der Waals surface area contributed by atoms with Crippen molar-refractivity contribution in [1.82, 2.24) is 9.88 Å². The fourth-order valence-corrected chi connectivity index (χ4v) is 6.86. The van der Waals surface area contributed by atoms with Crippen LogP contribution in [0, 0.1) is 5.92 Å². The van der Waals surface area contributed by atoms with Gasteiger partial charge in [0.2, 0.25) is 0 Å². The monoisotopic (exact) mass is 522 g/mol. The summed E-state index contributed by atoms with van der Waals surface area (Å²) in [4.78, 5) is 6.31. The zero-order valence-electron chi connectivity index (χ0n) is 22.5. The van der Waals surface area contributed by atoms with Crippen molar-refractivity contribution in [2.24, 2.45) is 5.92 Å². The Labute approximate surface area is 231 Å². The summed E-state index contributed by atoms with van der Waals surface area (Å²) < 4.78 is 13.1. The van der Waals surface area contributed by atoms with E-state index in [0.29, 0.717) is 32.8 Å². The van der Waals surface area contributed by atoms with E-state index in [2.05, 4.69) is 65.0 Å². The van der Waals surface area contributed by atoms with Crippen molar-refractivity contribution >= 4 is 10.9 Å². The quantitative estimate of drug-likeness (QED) is 0.245. The summed E-state index contributed by atoms with van der Waals surface area (Å²) in [7, 11) is 0. The third kappa shape index (κ3) is 5.08. The van der Waals surface area contributed by atoms with Crippen LogP contribution in [-0.4, -0.2) is 47.4 Å². The maximum Gasteiger partial charge on any atom is 0.0717 e.